The number of nitrogen functional groups attached to an aromatic ring is 1. The van der Waals surface area contributed by atoms with Gasteiger partial charge in [0.25, 0.3) is 5.91 Å². The number of carbonyl (C=O) groups excluding carboxylic acids is 1. The van der Waals surface area contributed by atoms with E-state index in [9.17, 15) is 4.79 Å². The van der Waals surface area contributed by atoms with Gasteiger partial charge < -0.3 is 21.1 Å². The standard InChI is InChI=1S/C14H23N3O2/c1-3-7-17-14(18)12-10-11(15)5-6-13(12)16-8-4-9-19-2/h5-6,10,16H,3-4,7-9,15H2,1-2H3,(H,17,18). The van der Waals surface area contributed by atoms with E-state index in [0.29, 0.717) is 24.4 Å². The van der Waals surface area contributed by atoms with E-state index in [4.69, 9.17) is 10.5 Å². The predicted octanol–water partition coefficient (Wildman–Crippen LogP) is 1.86. The lowest BCUT2D eigenvalue weighted by molar-refractivity contribution is 0.0954. The van der Waals surface area contributed by atoms with Crippen LogP contribution in [0, 0.1) is 0 Å². The van der Waals surface area contributed by atoms with Gasteiger partial charge in [0.2, 0.25) is 0 Å². The summed E-state index contributed by atoms with van der Waals surface area (Å²) in [6, 6.07) is 5.32. The number of nitrogens with one attached hydrogen (secondary N) is 2. The fourth-order valence-electron chi connectivity index (χ4n) is 1.68. The van der Waals surface area contributed by atoms with Crippen molar-refractivity contribution in [3.8, 4) is 0 Å². The van der Waals surface area contributed by atoms with E-state index in [1.54, 1.807) is 19.2 Å². The van der Waals surface area contributed by atoms with Gasteiger partial charge in [0.15, 0.2) is 0 Å². The van der Waals surface area contributed by atoms with Gasteiger partial charge >= 0.3 is 0 Å². The first kappa shape index (κ1) is 15.3. The van der Waals surface area contributed by atoms with Gasteiger partial charge in [-0.15, -0.1) is 0 Å². The molecular formula is C14H23N3O2. The average molecular weight is 265 g/mol. The third kappa shape index (κ3) is 5.18. The highest BCUT2D eigenvalue weighted by atomic mass is 16.5. The molecule has 4 N–H and O–H groups in total. The molecule has 1 aromatic rings. The molecule has 0 atom stereocenters. The molecule has 0 saturated carbocycles. The second kappa shape index (κ2) is 8.37. The van der Waals surface area contributed by atoms with E-state index >= 15 is 0 Å². The molecule has 0 unspecified atom stereocenters. The molecule has 1 aromatic carbocycles. The number of hydrogen-bond donors (Lipinski definition) is 3. The van der Waals surface area contributed by atoms with E-state index < -0.39 is 0 Å². The van der Waals surface area contributed by atoms with Crippen LogP contribution in [0.25, 0.3) is 0 Å². The van der Waals surface area contributed by atoms with Gasteiger partial charge in [0.05, 0.1) is 5.56 Å². The van der Waals surface area contributed by atoms with Gasteiger partial charge in [-0.3, -0.25) is 4.79 Å². The first-order valence-corrected chi connectivity index (χ1v) is 6.59. The van der Waals surface area contributed by atoms with Crippen molar-refractivity contribution in [2.75, 3.05) is 37.9 Å². The SMILES string of the molecule is CCCNC(=O)c1cc(N)ccc1NCCCOC. The van der Waals surface area contributed by atoms with Crippen molar-refractivity contribution >= 4 is 17.3 Å². The van der Waals surface area contributed by atoms with Crippen LogP contribution < -0.4 is 16.4 Å². The Morgan fingerprint density at radius 3 is 2.84 bits per heavy atom. The van der Waals surface area contributed by atoms with Crippen molar-refractivity contribution in [1.82, 2.24) is 5.32 Å². The van der Waals surface area contributed by atoms with Crippen LogP contribution in [0.2, 0.25) is 0 Å². The summed E-state index contributed by atoms with van der Waals surface area (Å²) in [5.41, 5.74) is 7.72. The lowest BCUT2D eigenvalue weighted by Gasteiger charge is -2.12. The number of nitrogens with two attached hydrogens (primary N) is 1. The molecule has 19 heavy (non-hydrogen) atoms. The van der Waals surface area contributed by atoms with E-state index in [1.807, 2.05) is 13.0 Å². The van der Waals surface area contributed by atoms with Crippen LogP contribution >= 0.6 is 0 Å². The maximum absolute atomic E-state index is 12.0. The number of carbonyl (C=O) groups is 1. The Kier molecular flexibility index (Phi) is 6.74. The molecule has 1 amide bonds. The van der Waals surface area contributed by atoms with E-state index in [0.717, 1.165) is 25.1 Å². The van der Waals surface area contributed by atoms with Crippen LogP contribution in [0.1, 0.15) is 30.1 Å². The molecule has 0 bridgehead atoms. The summed E-state index contributed by atoms with van der Waals surface area (Å²) in [6.07, 6.45) is 1.79. The summed E-state index contributed by atoms with van der Waals surface area (Å²) < 4.78 is 4.99. The fraction of sp³-hybridized carbons (Fsp3) is 0.500. The first-order valence-electron chi connectivity index (χ1n) is 6.59. The van der Waals surface area contributed by atoms with Gasteiger partial charge in [-0.05, 0) is 31.0 Å². The van der Waals surface area contributed by atoms with Gasteiger partial charge in [0.1, 0.15) is 0 Å². The molecule has 1 rings (SSSR count). The summed E-state index contributed by atoms with van der Waals surface area (Å²) in [5, 5.41) is 6.09. The van der Waals surface area contributed by atoms with Crippen LogP contribution in [0.3, 0.4) is 0 Å². The molecule has 0 heterocycles. The number of rotatable bonds is 8. The van der Waals surface area contributed by atoms with Crippen LogP contribution in [0.4, 0.5) is 11.4 Å². The molecule has 0 fully saturated rings. The quantitative estimate of drug-likeness (QED) is 0.495. The topological polar surface area (TPSA) is 76.4 Å². The number of anilines is 2. The van der Waals surface area contributed by atoms with Gasteiger partial charge in [-0.2, -0.15) is 0 Å². The summed E-state index contributed by atoms with van der Waals surface area (Å²) in [4.78, 5) is 12.0. The van der Waals surface area contributed by atoms with Crippen molar-refractivity contribution in [3.05, 3.63) is 23.8 Å². The Bertz CT molecular complexity index is 408. The van der Waals surface area contributed by atoms with Crippen LogP contribution in [-0.2, 0) is 4.74 Å². The molecule has 0 spiro atoms. The number of methoxy groups -OCH3 is 1. The fourth-order valence-corrected chi connectivity index (χ4v) is 1.68. The first-order chi connectivity index (χ1) is 9.19. The van der Waals surface area contributed by atoms with Crippen molar-refractivity contribution < 1.29 is 9.53 Å². The molecule has 0 aromatic heterocycles. The minimum atomic E-state index is -0.0941. The molecule has 5 nitrogen and oxygen atoms in total. The molecule has 106 valence electrons. The normalized spacial score (nSPS) is 10.2. The molecule has 0 aliphatic heterocycles. The van der Waals surface area contributed by atoms with E-state index in [1.165, 1.54) is 0 Å². The van der Waals surface area contributed by atoms with Crippen molar-refractivity contribution in [1.29, 1.82) is 0 Å². The van der Waals surface area contributed by atoms with Crippen molar-refractivity contribution in [2.45, 2.75) is 19.8 Å². The zero-order valence-electron chi connectivity index (χ0n) is 11.7. The Morgan fingerprint density at radius 2 is 2.16 bits per heavy atom. The third-order valence-corrected chi connectivity index (χ3v) is 2.66. The Labute approximate surface area is 114 Å². The number of amides is 1. The van der Waals surface area contributed by atoms with Gasteiger partial charge in [-0.1, -0.05) is 6.92 Å². The number of ether oxygens (including phenoxy) is 1. The zero-order valence-corrected chi connectivity index (χ0v) is 11.7. The molecule has 0 saturated heterocycles. The highest BCUT2D eigenvalue weighted by Crippen LogP contribution is 2.19. The minimum absolute atomic E-state index is 0.0941. The van der Waals surface area contributed by atoms with Crippen LogP contribution in [0.15, 0.2) is 18.2 Å². The second-order valence-electron chi connectivity index (χ2n) is 4.33. The smallest absolute Gasteiger partial charge is 0.253 e. The van der Waals surface area contributed by atoms with E-state index in [2.05, 4.69) is 10.6 Å². The largest absolute Gasteiger partial charge is 0.399 e. The number of benzene rings is 1. The highest BCUT2D eigenvalue weighted by molar-refractivity contribution is 6.00. The van der Waals surface area contributed by atoms with Crippen molar-refractivity contribution in [2.24, 2.45) is 0 Å². The average Bonchev–Trinajstić information content (AvgIpc) is 2.42. The lowest BCUT2D eigenvalue weighted by atomic mass is 10.1. The minimum Gasteiger partial charge on any atom is -0.399 e. The molecule has 0 aliphatic rings. The lowest BCUT2D eigenvalue weighted by Crippen LogP contribution is -2.25. The van der Waals surface area contributed by atoms with Crippen LogP contribution in [-0.4, -0.2) is 32.7 Å². The van der Waals surface area contributed by atoms with Crippen LogP contribution in [0.5, 0.6) is 0 Å². The maximum Gasteiger partial charge on any atom is 0.253 e. The van der Waals surface area contributed by atoms with Gasteiger partial charge in [0, 0.05) is 38.2 Å². The van der Waals surface area contributed by atoms with Gasteiger partial charge in [-0.25, -0.2) is 0 Å². The summed E-state index contributed by atoms with van der Waals surface area (Å²) in [6.45, 7) is 4.13. The van der Waals surface area contributed by atoms with Crippen molar-refractivity contribution in [3.63, 3.8) is 0 Å². The Hall–Kier alpha value is -1.75. The molecule has 0 radical (unpaired) electrons. The molecular weight excluding hydrogens is 242 g/mol. The summed E-state index contributed by atoms with van der Waals surface area (Å²) in [7, 11) is 1.67. The maximum atomic E-state index is 12.0. The Morgan fingerprint density at radius 1 is 1.37 bits per heavy atom. The second-order valence-corrected chi connectivity index (χ2v) is 4.33. The predicted molar refractivity (Wildman–Crippen MR) is 78.5 cm³/mol. The molecule has 0 aliphatic carbocycles. The number of hydrogen-bond acceptors (Lipinski definition) is 4. The zero-order chi connectivity index (χ0) is 14.1. The summed E-state index contributed by atoms with van der Waals surface area (Å²) in [5.74, 6) is -0.0941. The Balaban J connectivity index is 2.70. The highest BCUT2D eigenvalue weighted by Gasteiger charge is 2.11. The van der Waals surface area contributed by atoms with E-state index in [-0.39, 0.29) is 5.91 Å². The molecule has 5 heteroatoms. The monoisotopic (exact) mass is 265 g/mol. The third-order valence-electron chi connectivity index (χ3n) is 2.66. The summed E-state index contributed by atoms with van der Waals surface area (Å²) >= 11 is 0.